The number of hydrazine groups is 1. The van der Waals surface area contributed by atoms with Crippen LogP contribution in [0.3, 0.4) is 0 Å². The Balaban J connectivity index is 1.76. The van der Waals surface area contributed by atoms with Crippen molar-refractivity contribution in [3.63, 3.8) is 0 Å². The summed E-state index contributed by atoms with van der Waals surface area (Å²) in [6, 6.07) is 12.6. The zero-order chi connectivity index (χ0) is 25.4. The molecule has 1 saturated heterocycles. The van der Waals surface area contributed by atoms with Gasteiger partial charge >= 0.3 is 0 Å². The van der Waals surface area contributed by atoms with Gasteiger partial charge in [0, 0.05) is 17.1 Å². The first-order chi connectivity index (χ1) is 16.8. The number of rotatable bonds is 11. The van der Waals surface area contributed by atoms with Gasteiger partial charge in [-0.2, -0.15) is 0 Å². The number of hydrogen-bond donors (Lipinski definition) is 2. The van der Waals surface area contributed by atoms with Crippen LogP contribution in [-0.2, 0) is 14.4 Å². The molecular weight excluding hydrogens is 488 g/mol. The second-order valence-electron chi connectivity index (χ2n) is 8.02. The summed E-state index contributed by atoms with van der Waals surface area (Å²) in [5.74, 6) is -0.368. The molecule has 1 unspecified atom stereocenters. The Kier molecular flexibility index (Phi) is 9.45. The van der Waals surface area contributed by atoms with Crippen molar-refractivity contribution in [1.29, 1.82) is 0 Å². The van der Waals surface area contributed by atoms with Crippen molar-refractivity contribution < 1.29 is 19.1 Å². The van der Waals surface area contributed by atoms with Crippen LogP contribution < -0.4 is 20.4 Å². The summed E-state index contributed by atoms with van der Waals surface area (Å²) in [5, 5.41) is 4.71. The van der Waals surface area contributed by atoms with Gasteiger partial charge in [-0.05, 0) is 74.1 Å². The number of nitrogens with one attached hydrogen (secondary N) is 2. The van der Waals surface area contributed by atoms with E-state index in [9.17, 15) is 14.4 Å². The van der Waals surface area contributed by atoms with Crippen LogP contribution in [0.4, 0.5) is 11.4 Å². The fraction of sp³-hybridized carbons (Fsp3) is 0.360. The number of halogens is 1. The summed E-state index contributed by atoms with van der Waals surface area (Å²) in [5.41, 5.74) is 3.81. The second kappa shape index (κ2) is 12.5. The fourth-order valence-electron chi connectivity index (χ4n) is 3.64. The molecule has 2 aromatic carbocycles. The molecule has 1 heterocycles. The van der Waals surface area contributed by atoms with Crippen LogP contribution in [0.15, 0.2) is 48.5 Å². The first-order valence-corrected chi connectivity index (χ1v) is 12.4. The van der Waals surface area contributed by atoms with Crippen molar-refractivity contribution in [2.24, 2.45) is 0 Å². The smallest absolute Gasteiger partial charge is 0.258 e. The molecule has 0 aromatic heterocycles. The van der Waals surface area contributed by atoms with Crippen molar-refractivity contribution >= 4 is 58.0 Å². The Morgan fingerprint density at radius 1 is 1.03 bits per heavy atom. The molecule has 3 rings (SSSR count). The number of ether oxygens (including phenoxy) is 1. The lowest BCUT2D eigenvalue weighted by Crippen LogP contribution is -2.49. The lowest BCUT2D eigenvalue weighted by molar-refractivity contribution is -0.129. The highest BCUT2D eigenvalue weighted by atomic mass is 35.5. The molecule has 10 heteroatoms. The number of benzene rings is 2. The van der Waals surface area contributed by atoms with Gasteiger partial charge in [0.2, 0.25) is 16.9 Å². The van der Waals surface area contributed by atoms with Gasteiger partial charge < -0.3 is 10.1 Å². The topological polar surface area (TPSA) is 91.0 Å². The summed E-state index contributed by atoms with van der Waals surface area (Å²) in [7, 11) is 0. The van der Waals surface area contributed by atoms with Gasteiger partial charge in [0.05, 0.1) is 18.7 Å². The molecule has 186 valence electrons. The standard InChI is InChI=1S/C25H29ClN4O4S/c1-3-5-6-7-22(31)28-30-21(16-23(32)27-18-10-14-20(15-11-18)34-4-2)24(33)29(25(30)35)19-12-8-17(26)9-13-19/h8-15,21H,3-7,16H2,1-2H3,(H,27,32)(H,28,31). The number of carbonyl (C=O) groups excluding carboxylic acids is 3. The Morgan fingerprint density at radius 3 is 2.34 bits per heavy atom. The molecule has 35 heavy (non-hydrogen) atoms. The van der Waals surface area contributed by atoms with Gasteiger partial charge in [0.15, 0.2) is 0 Å². The summed E-state index contributed by atoms with van der Waals surface area (Å²) >= 11 is 11.5. The van der Waals surface area contributed by atoms with E-state index < -0.39 is 17.9 Å². The van der Waals surface area contributed by atoms with E-state index in [2.05, 4.69) is 17.7 Å². The Hall–Kier alpha value is -3.17. The molecule has 0 radical (unpaired) electrons. The number of nitrogens with zero attached hydrogens (tertiary/aromatic N) is 2. The molecule has 8 nitrogen and oxygen atoms in total. The van der Waals surface area contributed by atoms with Gasteiger partial charge in [-0.1, -0.05) is 31.4 Å². The van der Waals surface area contributed by atoms with Crippen LogP contribution in [-0.4, -0.2) is 40.5 Å². The maximum Gasteiger partial charge on any atom is 0.258 e. The van der Waals surface area contributed by atoms with Gasteiger partial charge in [-0.25, -0.2) is 5.01 Å². The van der Waals surface area contributed by atoms with Crippen molar-refractivity contribution in [2.45, 2.75) is 52.0 Å². The lowest BCUT2D eigenvalue weighted by Gasteiger charge is -2.24. The van der Waals surface area contributed by atoms with Crippen LogP contribution in [0, 0.1) is 0 Å². The predicted octanol–water partition coefficient (Wildman–Crippen LogP) is 4.68. The second-order valence-corrected chi connectivity index (χ2v) is 8.82. The zero-order valence-electron chi connectivity index (χ0n) is 19.8. The van der Waals surface area contributed by atoms with E-state index in [-0.39, 0.29) is 17.4 Å². The Bertz CT molecular complexity index is 1060. The number of carbonyl (C=O) groups is 3. The van der Waals surface area contributed by atoms with Gasteiger partial charge in [0.1, 0.15) is 11.8 Å². The highest BCUT2D eigenvalue weighted by molar-refractivity contribution is 7.80. The minimum atomic E-state index is -0.990. The van der Waals surface area contributed by atoms with E-state index in [1.165, 1.54) is 9.91 Å². The van der Waals surface area contributed by atoms with E-state index in [1.54, 1.807) is 48.5 Å². The summed E-state index contributed by atoms with van der Waals surface area (Å²) in [6.07, 6.45) is 2.72. The van der Waals surface area contributed by atoms with Gasteiger partial charge in [-0.3, -0.25) is 24.7 Å². The highest BCUT2D eigenvalue weighted by Gasteiger charge is 2.45. The van der Waals surface area contributed by atoms with E-state index >= 15 is 0 Å². The van der Waals surface area contributed by atoms with Crippen molar-refractivity contribution in [2.75, 3.05) is 16.8 Å². The molecule has 0 saturated carbocycles. The van der Waals surface area contributed by atoms with Crippen molar-refractivity contribution in [1.82, 2.24) is 10.4 Å². The maximum atomic E-state index is 13.4. The normalized spacial score (nSPS) is 15.3. The molecule has 0 bridgehead atoms. The number of thiocarbonyl (C=S) groups is 1. The van der Waals surface area contributed by atoms with Crippen LogP contribution in [0.2, 0.25) is 5.02 Å². The molecule has 3 amide bonds. The maximum absolute atomic E-state index is 13.4. The SMILES string of the molecule is CCCCCC(=O)NN1C(=S)N(c2ccc(Cl)cc2)C(=O)C1CC(=O)Nc1ccc(OCC)cc1. The lowest BCUT2D eigenvalue weighted by atomic mass is 10.1. The van der Waals surface area contributed by atoms with Gasteiger partial charge in [-0.15, -0.1) is 0 Å². The molecule has 1 aliphatic rings. The van der Waals surface area contributed by atoms with Crippen molar-refractivity contribution in [3.8, 4) is 5.75 Å². The molecular formula is C25H29ClN4O4S. The number of anilines is 2. The van der Waals surface area contributed by atoms with Crippen LogP contribution >= 0.6 is 23.8 Å². The minimum absolute atomic E-state index is 0.0973. The first kappa shape index (κ1) is 26.4. The van der Waals surface area contributed by atoms with Crippen LogP contribution in [0.5, 0.6) is 5.75 Å². The molecule has 1 atom stereocenters. The van der Waals surface area contributed by atoms with E-state index in [0.29, 0.717) is 35.2 Å². The highest BCUT2D eigenvalue weighted by Crippen LogP contribution is 2.27. The molecule has 2 aromatic rings. The third kappa shape index (κ3) is 6.93. The summed E-state index contributed by atoms with van der Waals surface area (Å²) in [4.78, 5) is 40.1. The number of unbranched alkanes of at least 4 members (excludes halogenated alkanes) is 2. The van der Waals surface area contributed by atoms with E-state index in [1.807, 2.05) is 6.92 Å². The first-order valence-electron chi connectivity index (χ1n) is 11.6. The Labute approximate surface area is 215 Å². The van der Waals surface area contributed by atoms with Crippen LogP contribution in [0.1, 0.15) is 46.0 Å². The molecule has 1 aliphatic heterocycles. The third-order valence-electron chi connectivity index (χ3n) is 5.38. The monoisotopic (exact) mass is 516 g/mol. The molecule has 1 fully saturated rings. The molecule has 0 spiro atoms. The van der Waals surface area contributed by atoms with E-state index in [4.69, 9.17) is 28.6 Å². The minimum Gasteiger partial charge on any atom is -0.494 e. The van der Waals surface area contributed by atoms with E-state index in [0.717, 1.165) is 19.3 Å². The summed E-state index contributed by atoms with van der Waals surface area (Å²) in [6.45, 7) is 4.48. The van der Waals surface area contributed by atoms with Crippen molar-refractivity contribution in [3.05, 3.63) is 53.6 Å². The fourth-order valence-corrected chi connectivity index (χ4v) is 4.14. The van der Waals surface area contributed by atoms with Crippen LogP contribution in [0.25, 0.3) is 0 Å². The Morgan fingerprint density at radius 2 is 1.71 bits per heavy atom. The molecule has 0 aliphatic carbocycles. The number of amides is 3. The number of hydrogen-bond acceptors (Lipinski definition) is 5. The third-order valence-corrected chi connectivity index (χ3v) is 6.01. The predicted molar refractivity (Wildman–Crippen MR) is 140 cm³/mol. The van der Waals surface area contributed by atoms with Gasteiger partial charge in [0.25, 0.3) is 5.91 Å². The largest absolute Gasteiger partial charge is 0.494 e. The zero-order valence-corrected chi connectivity index (χ0v) is 21.3. The average molecular weight is 517 g/mol. The summed E-state index contributed by atoms with van der Waals surface area (Å²) < 4.78 is 5.41. The average Bonchev–Trinajstić information content (AvgIpc) is 3.05. The molecule has 2 N–H and O–H groups in total. The quantitative estimate of drug-likeness (QED) is 0.333.